The van der Waals surface area contributed by atoms with Crippen LogP contribution in [-0.2, 0) is 14.3 Å². The van der Waals surface area contributed by atoms with Crippen molar-refractivity contribution < 1.29 is 19.2 Å². The quantitative estimate of drug-likeness (QED) is 0.344. The Bertz CT molecular complexity index is 883. The van der Waals surface area contributed by atoms with Crippen LogP contribution in [0.4, 0.5) is 11.4 Å². The van der Waals surface area contributed by atoms with Gasteiger partial charge in [0.05, 0.1) is 4.92 Å². The van der Waals surface area contributed by atoms with E-state index in [9.17, 15) is 19.7 Å². The molecule has 2 rings (SSSR count). The summed E-state index contributed by atoms with van der Waals surface area (Å²) in [7, 11) is 0. The third-order valence-electron chi connectivity index (χ3n) is 3.08. The lowest BCUT2D eigenvalue weighted by molar-refractivity contribution is -0.383. The van der Waals surface area contributed by atoms with Crippen LogP contribution >= 0.6 is 23.2 Å². The van der Waals surface area contributed by atoms with Crippen molar-refractivity contribution in [3.05, 3.63) is 74.3 Å². The number of benzene rings is 2. The average Bonchev–Trinajstić information content (AvgIpc) is 2.59. The van der Waals surface area contributed by atoms with Gasteiger partial charge in [0.15, 0.2) is 6.61 Å². The van der Waals surface area contributed by atoms with Crippen molar-refractivity contribution in [1.29, 1.82) is 0 Å². The molecule has 0 spiro atoms. The van der Waals surface area contributed by atoms with Gasteiger partial charge in [0, 0.05) is 22.2 Å². The molecule has 1 N–H and O–H groups in total. The second kappa shape index (κ2) is 8.98. The molecule has 2 aromatic carbocycles. The summed E-state index contributed by atoms with van der Waals surface area (Å²) in [6, 6.07) is 10.6. The highest BCUT2D eigenvalue weighted by Crippen LogP contribution is 2.27. The Labute approximate surface area is 158 Å². The number of ether oxygens (including phenoxy) is 1. The number of halogens is 2. The van der Waals surface area contributed by atoms with Gasteiger partial charge in [0.1, 0.15) is 5.69 Å². The summed E-state index contributed by atoms with van der Waals surface area (Å²) >= 11 is 11.7. The zero-order chi connectivity index (χ0) is 19.1. The van der Waals surface area contributed by atoms with Crippen molar-refractivity contribution in [2.75, 3.05) is 11.9 Å². The molecule has 0 aromatic heterocycles. The number of carbonyl (C=O) groups is 2. The highest BCUT2D eigenvalue weighted by Gasteiger charge is 2.16. The van der Waals surface area contributed by atoms with Crippen LogP contribution < -0.4 is 5.32 Å². The molecule has 1 amide bonds. The Hall–Kier alpha value is -2.90. The SMILES string of the molecule is O=C(COC(=O)/C=C/c1ccccc1Cl)Nc1cc(Cl)ccc1[N+](=O)[O-]. The maximum absolute atomic E-state index is 11.8. The van der Waals surface area contributed by atoms with Crippen molar-refractivity contribution in [1.82, 2.24) is 0 Å². The van der Waals surface area contributed by atoms with E-state index in [2.05, 4.69) is 5.32 Å². The second-order valence-corrected chi connectivity index (χ2v) is 5.77. The van der Waals surface area contributed by atoms with E-state index in [1.165, 1.54) is 18.2 Å². The molecule has 0 saturated heterocycles. The van der Waals surface area contributed by atoms with E-state index >= 15 is 0 Å². The van der Waals surface area contributed by atoms with Gasteiger partial charge in [-0.1, -0.05) is 41.4 Å². The van der Waals surface area contributed by atoms with Gasteiger partial charge in [0.25, 0.3) is 11.6 Å². The standard InChI is InChI=1S/C17H12Cl2N2O5/c18-12-6-7-15(21(24)25)14(9-12)20-16(22)10-26-17(23)8-5-11-3-1-2-4-13(11)19/h1-9H,10H2,(H,20,22)/b8-5+. The number of nitro benzene ring substituents is 1. The van der Waals surface area contributed by atoms with Crippen molar-refractivity contribution in [3.8, 4) is 0 Å². The van der Waals surface area contributed by atoms with Crippen LogP contribution in [0.5, 0.6) is 0 Å². The normalized spacial score (nSPS) is 10.5. The van der Waals surface area contributed by atoms with Crippen LogP contribution in [0.15, 0.2) is 48.5 Å². The van der Waals surface area contributed by atoms with Gasteiger partial charge >= 0.3 is 5.97 Å². The van der Waals surface area contributed by atoms with E-state index in [4.69, 9.17) is 27.9 Å². The number of carbonyl (C=O) groups excluding carboxylic acids is 2. The lowest BCUT2D eigenvalue weighted by Gasteiger charge is -2.06. The van der Waals surface area contributed by atoms with Gasteiger partial charge in [0.2, 0.25) is 0 Å². The monoisotopic (exact) mass is 394 g/mol. The van der Waals surface area contributed by atoms with Crippen molar-refractivity contribution in [2.45, 2.75) is 0 Å². The smallest absolute Gasteiger partial charge is 0.331 e. The van der Waals surface area contributed by atoms with E-state index in [0.29, 0.717) is 10.6 Å². The number of amides is 1. The van der Waals surface area contributed by atoms with Crippen LogP contribution in [0.2, 0.25) is 10.0 Å². The third-order valence-corrected chi connectivity index (χ3v) is 3.66. The molecule has 26 heavy (non-hydrogen) atoms. The molecule has 7 nitrogen and oxygen atoms in total. The van der Waals surface area contributed by atoms with Gasteiger partial charge in [-0.2, -0.15) is 0 Å². The fourth-order valence-corrected chi connectivity index (χ4v) is 2.28. The first-order valence-electron chi connectivity index (χ1n) is 7.20. The Morgan fingerprint density at radius 2 is 1.92 bits per heavy atom. The number of esters is 1. The fourth-order valence-electron chi connectivity index (χ4n) is 1.91. The van der Waals surface area contributed by atoms with E-state index in [-0.39, 0.29) is 16.4 Å². The van der Waals surface area contributed by atoms with E-state index in [1.807, 2.05) is 0 Å². The Balaban J connectivity index is 1.93. The average molecular weight is 395 g/mol. The summed E-state index contributed by atoms with van der Waals surface area (Å²) in [5.74, 6) is -1.50. The molecular weight excluding hydrogens is 383 g/mol. The molecule has 0 aliphatic carbocycles. The maximum Gasteiger partial charge on any atom is 0.331 e. The van der Waals surface area contributed by atoms with E-state index < -0.39 is 23.4 Å². The largest absolute Gasteiger partial charge is 0.452 e. The predicted molar refractivity (Wildman–Crippen MR) is 98.2 cm³/mol. The number of nitro groups is 1. The second-order valence-electron chi connectivity index (χ2n) is 4.93. The number of rotatable bonds is 6. The van der Waals surface area contributed by atoms with Crippen molar-refractivity contribution in [3.63, 3.8) is 0 Å². The Morgan fingerprint density at radius 3 is 2.62 bits per heavy atom. The van der Waals surface area contributed by atoms with Crippen LogP contribution in [0, 0.1) is 10.1 Å². The molecule has 0 atom stereocenters. The summed E-state index contributed by atoms with van der Waals surface area (Å²) in [5.41, 5.74) is 0.202. The number of hydrogen-bond donors (Lipinski definition) is 1. The van der Waals surface area contributed by atoms with Crippen LogP contribution in [0.25, 0.3) is 6.08 Å². The summed E-state index contributed by atoms with van der Waals surface area (Å²) in [6.07, 6.45) is 2.57. The van der Waals surface area contributed by atoms with Gasteiger partial charge in [-0.15, -0.1) is 0 Å². The number of nitrogens with zero attached hydrogens (tertiary/aromatic N) is 1. The van der Waals surface area contributed by atoms with Gasteiger partial charge < -0.3 is 10.1 Å². The highest BCUT2D eigenvalue weighted by molar-refractivity contribution is 6.32. The molecule has 0 heterocycles. The Morgan fingerprint density at radius 1 is 1.19 bits per heavy atom. The summed E-state index contributed by atoms with van der Waals surface area (Å²) in [5, 5.41) is 13.9. The first-order chi connectivity index (χ1) is 12.4. The van der Waals surface area contributed by atoms with Gasteiger partial charge in [-0.05, 0) is 29.8 Å². The molecule has 0 fully saturated rings. The molecule has 2 aromatic rings. The minimum Gasteiger partial charge on any atom is -0.452 e. The lowest BCUT2D eigenvalue weighted by Crippen LogP contribution is -2.20. The number of nitrogens with one attached hydrogen (secondary N) is 1. The molecular formula is C17H12Cl2N2O5. The summed E-state index contributed by atoms with van der Waals surface area (Å²) in [6.45, 7) is -0.616. The first kappa shape index (κ1) is 19.4. The zero-order valence-electron chi connectivity index (χ0n) is 13.1. The third kappa shape index (κ3) is 5.58. The fraction of sp³-hybridized carbons (Fsp3) is 0.0588. The minimum atomic E-state index is -0.763. The summed E-state index contributed by atoms with van der Waals surface area (Å²) < 4.78 is 4.78. The van der Waals surface area contributed by atoms with Crippen molar-refractivity contribution >= 4 is 52.5 Å². The highest BCUT2D eigenvalue weighted by atomic mass is 35.5. The Kier molecular flexibility index (Phi) is 6.71. The van der Waals surface area contributed by atoms with Crippen LogP contribution in [0.3, 0.4) is 0 Å². The van der Waals surface area contributed by atoms with E-state index in [0.717, 1.165) is 12.1 Å². The number of hydrogen-bond acceptors (Lipinski definition) is 5. The molecule has 0 radical (unpaired) electrons. The summed E-state index contributed by atoms with van der Waals surface area (Å²) in [4.78, 5) is 33.8. The van der Waals surface area contributed by atoms with E-state index in [1.54, 1.807) is 24.3 Å². The molecule has 9 heteroatoms. The minimum absolute atomic E-state index is 0.0878. The van der Waals surface area contributed by atoms with Crippen LogP contribution in [0.1, 0.15) is 5.56 Å². The van der Waals surface area contributed by atoms with Crippen LogP contribution in [-0.4, -0.2) is 23.4 Å². The molecule has 0 saturated carbocycles. The lowest BCUT2D eigenvalue weighted by atomic mass is 10.2. The number of anilines is 1. The van der Waals surface area contributed by atoms with Crippen molar-refractivity contribution in [2.24, 2.45) is 0 Å². The topological polar surface area (TPSA) is 98.5 Å². The maximum atomic E-state index is 11.8. The zero-order valence-corrected chi connectivity index (χ0v) is 14.7. The molecule has 134 valence electrons. The van der Waals surface area contributed by atoms with Gasteiger partial charge in [-0.3, -0.25) is 14.9 Å². The molecule has 0 bridgehead atoms. The molecule has 0 unspecified atom stereocenters. The molecule has 0 aliphatic heterocycles. The van der Waals surface area contributed by atoms with Gasteiger partial charge in [-0.25, -0.2) is 4.79 Å². The predicted octanol–water partition coefficient (Wildman–Crippen LogP) is 4.10. The first-order valence-corrected chi connectivity index (χ1v) is 7.95. The molecule has 0 aliphatic rings.